The molecule has 180 valence electrons. The predicted octanol–water partition coefficient (Wildman–Crippen LogP) is -2.85. The minimum Gasteiger partial charge on any atom is -0.547 e. The van der Waals surface area contributed by atoms with Crippen molar-refractivity contribution < 1.29 is 69.0 Å². The van der Waals surface area contributed by atoms with Crippen LogP contribution in [0.25, 0.3) is 0 Å². The van der Waals surface area contributed by atoms with E-state index in [1.54, 1.807) is 0 Å². The van der Waals surface area contributed by atoms with Crippen molar-refractivity contribution in [3.05, 3.63) is 0 Å². The third-order valence-corrected chi connectivity index (χ3v) is 9.74. The SMILES string of the molecule is C[C@]12CCC3C(CC[C@H]4C[C@H](O[C@@H]5O[C@H](C(=O)[O-])[C@@H](O)[C@H](O)[C@H]5O)CC[C@H]34)C1CCC2=O.[Na+]. The Morgan fingerprint density at radius 1 is 1.00 bits per heavy atom. The van der Waals surface area contributed by atoms with Crippen molar-refractivity contribution in [2.75, 3.05) is 0 Å². The summed E-state index contributed by atoms with van der Waals surface area (Å²) in [6, 6.07) is 0. The summed E-state index contributed by atoms with van der Waals surface area (Å²) < 4.78 is 11.2. The molecule has 0 aromatic carbocycles. The average molecular weight is 475 g/mol. The first-order valence-electron chi connectivity index (χ1n) is 12.3. The molecule has 5 aliphatic rings. The van der Waals surface area contributed by atoms with Crippen LogP contribution in [0.5, 0.6) is 0 Å². The molecule has 4 saturated carbocycles. The summed E-state index contributed by atoms with van der Waals surface area (Å²) in [6.45, 7) is 2.20. The monoisotopic (exact) mass is 474 g/mol. The van der Waals surface area contributed by atoms with E-state index < -0.39 is 36.7 Å². The van der Waals surface area contributed by atoms with Crippen LogP contribution in [0, 0.1) is 35.0 Å². The second kappa shape index (κ2) is 9.77. The maximum absolute atomic E-state index is 12.5. The first kappa shape index (κ1) is 26.0. The molecule has 4 aliphatic carbocycles. The molecule has 33 heavy (non-hydrogen) atoms. The average Bonchev–Trinajstić information content (AvgIpc) is 3.08. The van der Waals surface area contributed by atoms with Crippen LogP contribution in [-0.2, 0) is 19.1 Å². The Morgan fingerprint density at radius 2 is 1.73 bits per heavy atom. The molecule has 1 saturated heterocycles. The van der Waals surface area contributed by atoms with Gasteiger partial charge in [-0.25, -0.2) is 0 Å². The van der Waals surface area contributed by atoms with Gasteiger partial charge in [0.1, 0.15) is 30.2 Å². The van der Waals surface area contributed by atoms with E-state index in [1.807, 2.05) is 0 Å². The third kappa shape index (κ3) is 4.37. The second-order valence-corrected chi connectivity index (χ2v) is 11.1. The van der Waals surface area contributed by atoms with Gasteiger partial charge in [-0.1, -0.05) is 6.92 Å². The number of aliphatic hydroxyl groups excluding tert-OH is 3. The maximum Gasteiger partial charge on any atom is 1.00 e. The molecule has 0 aromatic heterocycles. The minimum absolute atomic E-state index is 0. The van der Waals surface area contributed by atoms with Crippen LogP contribution in [0.1, 0.15) is 64.7 Å². The zero-order valence-electron chi connectivity index (χ0n) is 19.6. The number of hydrogen-bond acceptors (Lipinski definition) is 8. The van der Waals surface area contributed by atoms with Gasteiger partial charge in [0, 0.05) is 11.8 Å². The number of carboxylic acids is 1. The summed E-state index contributed by atoms with van der Waals surface area (Å²) in [6.07, 6.45) is 0.564. The summed E-state index contributed by atoms with van der Waals surface area (Å²) in [5, 5.41) is 41.3. The largest absolute Gasteiger partial charge is 1.00 e. The minimum atomic E-state index is -1.76. The van der Waals surface area contributed by atoms with Gasteiger partial charge in [0.05, 0.1) is 12.1 Å². The van der Waals surface area contributed by atoms with Gasteiger partial charge in [0.15, 0.2) is 6.29 Å². The molecule has 8 nitrogen and oxygen atoms in total. The number of aliphatic hydroxyl groups is 3. The van der Waals surface area contributed by atoms with Gasteiger partial charge in [-0.2, -0.15) is 0 Å². The van der Waals surface area contributed by atoms with Crippen molar-refractivity contribution in [1.29, 1.82) is 0 Å². The molecule has 3 N–H and O–H groups in total. The first-order valence-corrected chi connectivity index (χ1v) is 12.3. The quantitative estimate of drug-likeness (QED) is 0.294. The zero-order chi connectivity index (χ0) is 22.8. The molecule has 5 rings (SSSR count). The van der Waals surface area contributed by atoms with E-state index in [4.69, 9.17) is 9.47 Å². The van der Waals surface area contributed by atoms with Crippen LogP contribution in [0.2, 0.25) is 0 Å². The van der Waals surface area contributed by atoms with E-state index in [0.29, 0.717) is 35.4 Å². The Bertz CT molecular complexity index is 763. The van der Waals surface area contributed by atoms with Crippen molar-refractivity contribution in [3.8, 4) is 0 Å². The van der Waals surface area contributed by atoms with Crippen molar-refractivity contribution in [2.45, 2.75) is 102 Å². The van der Waals surface area contributed by atoms with Crippen LogP contribution in [-0.4, -0.2) is 63.9 Å². The van der Waals surface area contributed by atoms with Crippen LogP contribution < -0.4 is 34.7 Å². The smallest absolute Gasteiger partial charge is 0.547 e. The molecule has 0 amide bonds. The summed E-state index contributed by atoms with van der Waals surface area (Å²) in [7, 11) is 0. The Kier molecular flexibility index (Phi) is 7.70. The van der Waals surface area contributed by atoms with Gasteiger partial charge in [-0.15, -0.1) is 0 Å². The fourth-order valence-corrected chi connectivity index (χ4v) is 8.05. The molecule has 0 spiro atoms. The number of fused-ring (bicyclic) bond motifs is 5. The normalized spacial score (nSPS) is 51.6. The summed E-state index contributed by atoms with van der Waals surface area (Å²) >= 11 is 0. The zero-order valence-corrected chi connectivity index (χ0v) is 21.6. The van der Waals surface area contributed by atoms with E-state index in [-0.39, 0.29) is 41.1 Å². The van der Waals surface area contributed by atoms with Crippen LogP contribution >= 0.6 is 0 Å². The Morgan fingerprint density at radius 3 is 2.45 bits per heavy atom. The van der Waals surface area contributed by atoms with Crippen molar-refractivity contribution in [1.82, 2.24) is 0 Å². The molecule has 12 atom stereocenters. The van der Waals surface area contributed by atoms with Gasteiger partial charge in [-0.3, -0.25) is 4.79 Å². The number of carboxylic acid groups (broad SMARTS) is 1. The fourth-order valence-electron chi connectivity index (χ4n) is 8.05. The van der Waals surface area contributed by atoms with Crippen molar-refractivity contribution >= 4 is 11.8 Å². The fraction of sp³-hybridized carbons (Fsp3) is 0.917. The standard InChI is InChI=1S/C24H36O8.Na/c1-24-9-8-14-13-5-3-12(10-11(13)2-4-15(14)16(24)6-7-17(24)25)31-23-20(28)18(26)19(27)21(32-23)22(29)30;/h11-16,18-21,23,26-28H,2-10H2,1H3,(H,29,30);/q;+1/p-1/t11-,12+,13-,14?,15?,16?,18-,19-,20+,21-,23+,24-;/m0./s1. The van der Waals surface area contributed by atoms with E-state index >= 15 is 0 Å². The predicted molar refractivity (Wildman–Crippen MR) is 109 cm³/mol. The summed E-state index contributed by atoms with van der Waals surface area (Å²) in [5.74, 6) is 1.78. The van der Waals surface area contributed by atoms with Crippen molar-refractivity contribution in [2.24, 2.45) is 35.0 Å². The van der Waals surface area contributed by atoms with E-state index in [0.717, 1.165) is 57.8 Å². The Hall–Kier alpha value is -0.0600. The van der Waals surface area contributed by atoms with Crippen molar-refractivity contribution in [3.63, 3.8) is 0 Å². The maximum atomic E-state index is 12.5. The molecule has 5 fully saturated rings. The topological polar surface area (TPSA) is 136 Å². The summed E-state index contributed by atoms with van der Waals surface area (Å²) in [5.41, 5.74) is -0.107. The second-order valence-electron chi connectivity index (χ2n) is 11.1. The number of ether oxygens (including phenoxy) is 2. The molecule has 0 bridgehead atoms. The van der Waals surface area contributed by atoms with Crippen LogP contribution in [0.15, 0.2) is 0 Å². The number of hydrogen-bond donors (Lipinski definition) is 3. The van der Waals surface area contributed by atoms with Gasteiger partial charge >= 0.3 is 29.6 Å². The number of Topliss-reactive ketones (excluding diaryl/α,β-unsaturated/α-hetero) is 1. The number of ketones is 1. The third-order valence-electron chi connectivity index (χ3n) is 9.74. The number of aliphatic carboxylic acids is 1. The van der Waals surface area contributed by atoms with Crippen LogP contribution in [0.4, 0.5) is 0 Å². The van der Waals surface area contributed by atoms with Gasteiger partial charge in [0.2, 0.25) is 0 Å². The van der Waals surface area contributed by atoms with Gasteiger partial charge in [0.25, 0.3) is 0 Å². The summed E-state index contributed by atoms with van der Waals surface area (Å²) in [4.78, 5) is 23.8. The molecular weight excluding hydrogens is 439 g/mol. The van der Waals surface area contributed by atoms with Gasteiger partial charge in [-0.05, 0) is 81.0 Å². The Labute approximate surface area is 216 Å². The van der Waals surface area contributed by atoms with E-state index in [9.17, 15) is 30.0 Å². The first-order chi connectivity index (χ1) is 15.2. The van der Waals surface area contributed by atoms with Gasteiger partial charge < -0.3 is 34.7 Å². The molecule has 3 unspecified atom stereocenters. The molecule has 0 aromatic rings. The molecule has 1 heterocycles. The number of carbonyl (C=O) groups is 2. The number of carbonyl (C=O) groups excluding carboxylic acids is 2. The molecule has 9 heteroatoms. The van der Waals surface area contributed by atoms with E-state index in [1.165, 1.54) is 0 Å². The molecule has 1 aliphatic heterocycles. The molecule has 0 radical (unpaired) electrons. The molecular formula is C24H35NaO8. The Balaban J connectivity index is 0.00000259. The number of rotatable bonds is 3. The van der Waals surface area contributed by atoms with E-state index in [2.05, 4.69) is 6.92 Å². The van der Waals surface area contributed by atoms with Crippen LogP contribution in [0.3, 0.4) is 0 Å².